The summed E-state index contributed by atoms with van der Waals surface area (Å²) in [5.74, 6) is -0.812. The SMILES string of the molecule is Cn1cc(-c2cc(NC(=O)Cc3ccc4c(c3)CCCO4)ccc2Oc2ccc(F)cc2F)c2cc[nH]c(=O)c21. The van der Waals surface area contributed by atoms with Crippen molar-refractivity contribution in [3.05, 3.63) is 106 Å². The summed E-state index contributed by atoms with van der Waals surface area (Å²) in [5, 5.41) is 3.58. The zero-order chi connectivity index (χ0) is 27.8. The molecule has 0 saturated carbocycles. The summed E-state index contributed by atoms with van der Waals surface area (Å²) in [5.41, 5.74) is 3.81. The lowest BCUT2D eigenvalue weighted by Gasteiger charge is -2.18. The highest BCUT2D eigenvalue weighted by Gasteiger charge is 2.19. The number of nitrogens with zero attached hydrogens (tertiary/aromatic N) is 1. The number of nitrogens with one attached hydrogen (secondary N) is 2. The quantitative estimate of drug-likeness (QED) is 0.272. The normalized spacial score (nSPS) is 12.6. The topological polar surface area (TPSA) is 85.3 Å². The first-order valence-electron chi connectivity index (χ1n) is 12.8. The number of H-pyrrole nitrogens is 1. The van der Waals surface area contributed by atoms with E-state index in [0.29, 0.717) is 34.3 Å². The zero-order valence-corrected chi connectivity index (χ0v) is 21.6. The van der Waals surface area contributed by atoms with E-state index in [2.05, 4.69) is 10.3 Å². The number of halogens is 2. The third kappa shape index (κ3) is 4.93. The molecule has 0 unspecified atom stereocenters. The minimum absolute atomic E-state index is 0.158. The van der Waals surface area contributed by atoms with Gasteiger partial charge in [-0.15, -0.1) is 0 Å². The molecule has 2 aromatic heterocycles. The first-order valence-corrected chi connectivity index (χ1v) is 12.8. The number of aromatic nitrogens is 2. The van der Waals surface area contributed by atoms with Crippen molar-refractivity contribution in [3.63, 3.8) is 0 Å². The molecule has 9 heteroatoms. The van der Waals surface area contributed by atoms with Crippen LogP contribution in [0.15, 0.2) is 77.9 Å². The first kappa shape index (κ1) is 25.4. The van der Waals surface area contributed by atoms with E-state index in [1.807, 2.05) is 18.2 Å². The van der Waals surface area contributed by atoms with Crippen LogP contribution in [0.4, 0.5) is 14.5 Å². The van der Waals surface area contributed by atoms with Gasteiger partial charge < -0.3 is 24.3 Å². The van der Waals surface area contributed by atoms with Crippen LogP contribution in [0, 0.1) is 11.6 Å². The predicted molar refractivity (Wildman–Crippen MR) is 148 cm³/mol. The van der Waals surface area contributed by atoms with Crippen molar-refractivity contribution >= 4 is 22.5 Å². The Hall–Kier alpha value is -4.92. The maximum absolute atomic E-state index is 14.5. The molecule has 2 N–H and O–H groups in total. The lowest BCUT2D eigenvalue weighted by atomic mass is 10.0. The minimum atomic E-state index is -0.854. The number of anilines is 1. The van der Waals surface area contributed by atoms with Gasteiger partial charge in [-0.05, 0) is 66.4 Å². The molecule has 0 bridgehead atoms. The van der Waals surface area contributed by atoms with Crippen molar-refractivity contribution < 1.29 is 23.0 Å². The molecular formula is C31H25F2N3O4. The number of ether oxygens (including phenoxy) is 2. The predicted octanol–water partition coefficient (Wildman–Crippen LogP) is 6.11. The highest BCUT2D eigenvalue weighted by atomic mass is 19.1. The first-order chi connectivity index (χ1) is 19.4. The van der Waals surface area contributed by atoms with Crippen molar-refractivity contribution in [2.75, 3.05) is 11.9 Å². The number of carbonyl (C=O) groups is 1. The van der Waals surface area contributed by atoms with Crippen LogP contribution < -0.4 is 20.3 Å². The number of benzene rings is 3. The third-order valence-corrected chi connectivity index (χ3v) is 6.91. The van der Waals surface area contributed by atoms with E-state index in [9.17, 15) is 18.4 Å². The van der Waals surface area contributed by atoms with Gasteiger partial charge in [-0.1, -0.05) is 12.1 Å². The number of fused-ring (bicyclic) bond motifs is 2. The minimum Gasteiger partial charge on any atom is -0.493 e. The van der Waals surface area contributed by atoms with E-state index in [-0.39, 0.29) is 29.4 Å². The largest absolute Gasteiger partial charge is 0.493 e. The van der Waals surface area contributed by atoms with Crippen LogP contribution in [0.25, 0.3) is 22.0 Å². The summed E-state index contributed by atoms with van der Waals surface area (Å²) in [4.78, 5) is 28.2. The van der Waals surface area contributed by atoms with Crippen molar-refractivity contribution in [1.29, 1.82) is 0 Å². The van der Waals surface area contributed by atoms with Gasteiger partial charge in [0.25, 0.3) is 5.56 Å². The monoisotopic (exact) mass is 541 g/mol. The molecule has 202 valence electrons. The fraction of sp³-hybridized carbons (Fsp3) is 0.161. The molecule has 0 radical (unpaired) electrons. The zero-order valence-electron chi connectivity index (χ0n) is 21.6. The molecule has 0 fully saturated rings. The van der Waals surface area contributed by atoms with E-state index < -0.39 is 11.6 Å². The van der Waals surface area contributed by atoms with Crippen LogP contribution >= 0.6 is 0 Å². The highest BCUT2D eigenvalue weighted by Crippen LogP contribution is 2.39. The van der Waals surface area contributed by atoms with Gasteiger partial charge in [0.05, 0.1) is 13.0 Å². The number of pyridine rings is 1. The fourth-order valence-corrected chi connectivity index (χ4v) is 5.08. The van der Waals surface area contributed by atoms with Crippen molar-refractivity contribution in [2.24, 2.45) is 7.05 Å². The summed E-state index contributed by atoms with van der Waals surface area (Å²) in [7, 11) is 1.75. The number of aromatic amines is 1. The number of carbonyl (C=O) groups excluding carboxylic acids is 1. The Morgan fingerprint density at radius 2 is 1.90 bits per heavy atom. The molecule has 6 rings (SSSR count). The van der Waals surface area contributed by atoms with E-state index >= 15 is 0 Å². The van der Waals surface area contributed by atoms with Crippen LogP contribution in [0.3, 0.4) is 0 Å². The molecule has 0 spiro atoms. The third-order valence-electron chi connectivity index (χ3n) is 6.91. The summed E-state index contributed by atoms with van der Waals surface area (Å²) in [6.45, 7) is 0.702. The summed E-state index contributed by atoms with van der Waals surface area (Å²) < 4.78 is 41.2. The van der Waals surface area contributed by atoms with Gasteiger partial charge >= 0.3 is 0 Å². The van der Waals surface area contributed by atoms with Gasteiger partial charge in [0.1, 0.15) is 22.8 Å². The van der Waals surface area contributed by atoms with Crippen LogP contribution in [0.1, 0.15) is 17.5 Å². The Bertz CT molecular complexity index is 1830. The van der Waals surface area contributed by atoms with Crippen LogP contribution in [0.5, 0.6) is 17.2 Å². The lowest BCUT2D eigenvalue weighted by molar-refractivity contribution is -0.115. The number of hydrogen-bond acceptors (Lipinski definition) is 4. The van der Waals surface area contributed by atoms with Gasteiger partial charge in [-0.3, -0.25) is 9.59 Å². The maximum Gasteiger partial charge on any atom is 0.272 e. The Balaban J connectivity index is 1.35. The van der Waals surface area contributed by atoms with Gasteiger partial charge in [0, 0.05) is 47.7 Å². The summed E-state index contributed by atoms with van der Waals surface area (Å²) in [6, 6.07) is 15.6. The number of rotatable bonds is 6. The summed E-state index contributed by atoms with van der Waals surface area (Å²) in [6.07, 6.45) is 5.35. The molecule has 0 atom stereocenters. The molecule has 1 amide bonds. The second-order valence-electron chi connectivity index (χ2n) is 9.73. The molecule has 3 aromatic carbocycles. The van der Waals surface area contributed by atoms with Gasteiger partial charge in [-0.25, -0.2) is 8.78 Å². The standard InChI is InChI=1S/C31H25F2N3O4/c1-36-17-24(22-10-11-34-31(38)30(22)36)23-16-21(6-9-27(23)40-28-8-5-20(32)15-25(28)33)35-29(37)14-18-4-7-26-19(13-18)3-2-12-39-26/h4-11,13,15-17H,2-3,12,14H2,1H3,(H,34,38)(H,35,37). The van der Waals surface area contributed by atoms with Crippen molar-refractivity contribution in [2.45, 2.75) is 19.3 Å². The smallest absolute Gasteiger partial charge is 0.272 e. The second-order valence-corrected chi connectivity index (χ2v) is 9.73. The molecule has 40 heavy (non-hydrogen) atoms. The Kier molecular flexibility index (Phi) is 6.55. The maximum atomic E-state index is 14.5. The molecular weight excluding hydrogens is 516 g/mol. The Labute approximate surface area is 228 Å². The van der Waals surface area contributed by atoms with E-state index in [1.165, 1.54) is 6.07 Å². The average molecular weight is 542 g/mol. The van der Waals surface area contributed by atoms with Crippen LogP contribution in [0.2, 0.25) is 0 Å². The lowest BCUT2D eigenvalue weighted by Crippen LogP contribution is -2.15. The Morgan fingerprint density at radius 1 is 1.05 bits per heavy atom. The molecule has 7 nitrogen and oxygen atoms in total. The van der Waals surface area contributed by atoms with Gasteiger partial charge in [0.15, 0.2) is 11.6 Å². The molecule has 0 aliphatic carbocycles. The molecule has 5 aromatic rings. The molecule has 3 heterocycles. The van der Waals surface area contributed by atoms with Crippen molar-refractivity contribution in [3.8, 4) is 28.4 Å². The summed E-state index contributed by atoms with van der Waals surface area (Å²) >= 11 is 0. The average Bonchev–Trinajstić information content (AvgIpc) is 3.28. The van der Waals surface area contributed by atoms with Crippen LogP contribution in [-0.2, 0) is 24.7 Å². The molecule has 1 aliphatic heterocycles. The number of aryl methyl sites for hydroxylation is 2. The Morgan fingerprint density at radius 3 is 2.75 bits per heavy atom. The molecule has 0 saturated heterocycles. The fourth-order valence-electron chi connectivity index (χ4n) is 5.08. The molecule has 1 aliphatic rings. The van der Waals surface area contributed by atoms with E-state index in [0.717, 1.165) is 41.9 Å². The van der Waals surface area contributed by atoms with E-state index in [1.54, 1.807) is 48.3 Å². The number of hydrogen-bond donors (Lipinski definition) is 2. The second kappa shape index (κ2) is 10.3. The van der Waals surface area contributed by atoms with Crippen LogP contribution in [-0.4, -0.2) is 22.1 Å². The number of amides is 1. The highest BCUT2D eigenvalue weighted by molar-refractivity contribution is 5.99. The van der Waals surface area contributed by atoms with Crippen molar-refractivity contribution in [1.82, 2.24) is 9.55 Å². The van der Waals surface area contributed by atoms with Gasteiger partial charge in [-0.2, -0.15) is 0 Å². The van der Waals surface area contributed by atoms with Gasteiger partial charge in [0.2, 0.25) is 5.91 Å². The van der Waals surface area contributed by atoms with E-state index in [4.69, 9.17) is 9.47 Å².